The normalized spacial score (nSPS) is 14.0. The third-order valence-electron chi connectivity index (χ3n) is 5.04. The van der Waals surface area contributed by atoms with E-state index in [1.54, 1.807) is 12.3 Å². The van der Waals surface area contributed by atoms with E-state index >= 15 is 0 Å². The van der Waals surface area contributed by atoms with Crippen molar-refractivity contribution in [1.82, 2.24) is 14.5 Å². The fraction of sp³-hybridized carbons (Fsp3) is 0.182. The van der Waals surface area contributed by atoms with Gasteiger partial charge in [0.2, 0.25) is 0 Å². The lowest BCUT2D eigenvalue weighted by atomic mass is 10.1. The molecule has 3 nitrogen and oxygen atoms in total. The van der Waals surface area contributed by atoms with Crippen molar-refractivity contribution in [2.75, 3.05) is 0 Å². The molecule has 0 unspecified atom stereocenters. The van der Waals surface area contributed by atoms with Crippen molar-refractivity contribution in [3.05, 3.63) is 84.1 Å². The van der Waals surface area contributed by atoms with Crippen molar-refractivity contribution in [3.63, 3.8) is 0 Å². The van der Waals surface area contributed by atoms with Gasteiger partial charge in [0.15, 0.2) is 0 Å². The molecule has 4 heteroatoms. The van der Waals surface area contributed by atoms with Gasteiger partial charge in [-0.25, -0.2) is 9.37 Å². The van der Waals surface area contributed by atoms with Gasteiger partial charge in [0, 0.05) is 35.1 Å². The predicted molar refractivity (Wildman–Crippen MR) is 100 cm³/mol. The average molecular weight is 343 g/mol. The minimum atomic E-state index is -0.196. The first-order valence-electron chi connectivity index (χ1n) is 8.93. The Kier molecular flexibility index (Phi) is 3.56. The Labute approximate surface area is 151 Å². The Morgan fingerprint density at radius 2 is 1.88 bits per heavy atom. The van der Waals surface area contributed by atoms with Crippen molar-refractivity contribution < 1.29 is 4.39 Å². The van der Waals surface area contributed by atoms with E-state index < -0.39 is 0 Å². The fourth-order valence-corrected chi connectivity index (χ4v) is 3.48. The minimum Gasteiger partial charge on any atom is -0.327 e. The van der Waals surface area contributed by atoms with Crippen molar-refractivity contribution in [2.24, 2.45) is 0 Å². The second-order valence-corrected chi connectivity index (χ2v) is 6.89. The van der Waals surface area contributed by atoms with Gasteiger partial charge in [-0.05, 0) is 48.6 Å². The molecule has 1 aromatic carbocycles. The number of rotatable bonds is 4. The zero-order valence-corrected chi connectivity index (χ0v) is 14.3. The SMILES string of the molecule is Fc1ccccc1Cn1cc(-c2ccc(C3CC3)cn2)c2cccnc21. The van der Waals surface area contributed by atoms with E-state index in [1.165, 1.54) is 24.5 Å². The molecule has 5 rings (SSSR count). The zero-order valence-electron chi connectivity index (χ0n) is 14.3. The number of hydrogen-bond acceptors (Lipinski definition) is 2. The molecule has 0 saturated heterocycles. The second-order valence-electron chi connectivity index (χ2n) is 6.89. The maximum atomic E-state index is 14.1. The standard InChI is InChI=1S/C22H18FN3/c23-20-6-2-1-4-17(20)13-26-14-19(18-5-3-11-24-22(18)26)21-10-9-16(12-25-21)15-7-8-15/h1-6,9-12,14-15H,7-8,13H2. The molecule has 0 radical (unpaired) electrons. The molecule has 0 N–H and O–H groups in total. The van der Waals surface area contributed by atoms with Gasteiger partial charge in [0.05, 0.1) is 12.2 Å². The highest BCUT2D eigenvalue weighted by Crippen LogP contribution is 2.40. The van der Waals surface area contributed by atoms with Gasteiger partial charge in [0.1, 0.15) is 11.5 Å². The molecule has 0 spiro atoms. The van der Waals surface area contributed by atoms with Crippen LogP contribution < -0.4 is 0 Å². The van der Waals surface area contributed by atoms with Crippen LogP contribution in [0.5, 0.6) is 0 Å². The summed E-state index contributed by atoms with van der Waals surface area (Å²) in [5, 5.41) is 1.04. The van der Waals surface area contributed by atoms with Gasteiger partial charge in [-0.3, -0.25) is 4.98 Å². The molecule has 1 aliphatic carbocycles. The first kappa shape index (κ1) is 15.3. The van der Waals surface area contributed by atoms with Gasteiger partial charge >= 0.3 is 0 Å². The monoisotopic (exact) mass is 343 g/mol. The Bertz CT molecular complexity index is 1080. The predicted octanol–water partition coefficient (Wildman–Crippen LogP) is 5.16. The number of benzene rings is 1. The molecule has 3 heterocycles. The van der Waals surface area contributed by atoms with Crippen LogP contribution in [0, 0.1) is 5.82 Å². The van der Waals surface area contributed by atoms with E-state index in [9.17, 15) is 4.39 Å². The van der Waals surface area contributed by atoms with Crippen molar-refractivity contribution in [3.8, 4) is 11.3 Å². The summed E-state index contributed by atoms with van der Waals surface area (Å²) in [6.07, 6.45) is 8.33. The molecule has 0 amide bonds. The number of fused-ring (bicyclic) bond motifs is 1. The topological polar surface area (TPSA) is 30.7 Å². The molecule has 1 aliphatic rings. The highest BCUT2D eigenvalue weighted by molar-refractivity contribution is 5.93. The number of pyridine rings is 2. The van der Waals surface area contributed by atoms with E-state index in [2.05, 4.69) is 22.1 Å². The molecule has 1 fully saturated rings. The van der Waals surface area contributed by atoms with Crippen molar-refractivity contribution in [1.29, 1.82) is 0 Å². The van der Waals surface area contributed by atoms with Gasteiger partial charge in [-0.2, -0.15) is 0 Å². The Morgan fingerprint density at radius 3 is 2.65 bits per heavy atom. The van der Waals surface area contributed by atoms with Crippen LogP contribution >= 0.6 is 0 Å². The molecule has 128 valence electrons. The van der Waals surface area contributed by atoms with E-state index in [0.717, 1.165) is 22.3 Å². The van der Waals surface area contributed by atoms with Crippen LogP contribution in [0.1, 0.15) is 29.9 Å². The molecular formula is C22H18FN3. The molecular weight excluding hydrogens is 325 g/mol. The van der Waals surface area contributed by atoms with Crippen LogP contribution in [-0.2, 0) is 6.54 Å². The number of hydrogen-bond donors (Lipinski definition) is 0. The zero-order chi connectivity index (χ0) is 17.5. The lowest BCUT2D eigenvalue weighted by molar-refractivity contribution is 0.601. The van der Waals surface area contributed by atoms with Gasteiger partial charge in [0.25, 0.3) is 0 Å². The lowest BCUT2D eigenvalue weighted by Crippen LogP contribution is -2.01. The van der Waals surface area contributed by atoms with Crippen LogP contribution in [0.15, 0.2) is 67.1 Å². The van der Waals surface area contributed by atoms with Crippen molar-refractivity contribution >= 4 is 11.0 Å². The molecule has 1 saturated carbocycles. The van der Waals surface area contributed by atoms with Crippen LogP contribution in [-0.4, -0.2) is 14.5 Å². The van der Waals surface area contributed by atoms with Crippen LogP contribution in [0.4, 0.5) is 4.39 Å². The van der Waals surface area contributed by atoms with E-state index in [-0.39, 0.29) is 5.82 Å². The first-order valence-corrected chi connectivity index (χ1v) is 8.93. The molecule has 0 aliphatic heterocycles. The quantitative estimate of drug-likeness (QED) is 0.512. The average Bonchev–Trinajstić information content (AvgIpc) is 3.47. The Morgan fingerprint density at radius 1 is 1.00 bits per heavy atom. The third kappa shape index (κ3) is 2.68. The summed E-state index contributed by atoms with van der Waals surface area (Å²) in [4.78, 5) is 9.20. The molecule has 0 atom stereocenters. The number of halogens is 1. The van der Waals surface area contributed by atoms with E-state index in [0.29, 0.717) is 18.0 Å². The lowest BCUT2D eigenvalue weighted by Gasteiger charge is -2.05. The van der Waals surface area contributed by atoms with Crippen LogP contribution in [0.3, 0.4) is 0 Å². The summed E-state index contributed by atoms with van der Waals surface area (Å²) in [7, 11) is 0. The van der Waals surface area contributed by atoms with Gasteiger partial charge in [-0.1, -0.05) is 24.3 Å². The van der Waals surface area contributed by atoms with Crippen LogP contribution in [0.2, 0.25) is 0 Å². The third-order valence-corrected chi connectivity index (χ3v) is 5.04. The van der Waals surface area contributed by atoms with Crippen LogP contribution in [0.25, 0.3) is 22.3 Å². The highest BCUT2D eigenvalue weighted by Gasteiger charge is 2.23. The number of aromatic nitrogens is 3. The summed E-state index contributed by atoms with van der Waals surface area (Å²) in [5.74, 6) is 0.499. The molecule has 26 heavy (non-hydrogen) atoms. The summed E-state index contributed by atoms with van der Waals surface area (Å²) < 4.78 is 16.1. The van der Waals surface area contributed by atoms with E-state index in [1.807, 2.05) is 41.2 Å². The summed E-state index contributed by atoms with van der Waals surface area (Å²) in [6.45, 7) is 0.445. The summed E-state index contributed by atoms with van der Waals surface area (Å²) in [5.41, 5.74) is 4.78. The Balaban J connectivity index is 1.59. The summed E-state index contributed by atoms with van der Waals surface area (Å²) in [6, 6.07) is 15.1. The molecule has 0 bridgehead atoms. The number of nitrogens with zero attached hydrogens (tertiary/aromatic N) is 3. The van der Waals surface area contributed by atoms with Gasteiger partial charge < -0.3 is 4.57 Å². The maximum absolute atomic E-state index is 14.1. The summed E-state index contributed by atoms with van der Waals surface area (Å²) >= 11 is 0. The second kappa shape index (κ2) is 6.06. The fourth-order valence-electron chi connectivity index (χ4n) is 3.48. The van der Waals surface area contributed by atoms with Crippen molar-refractivity contribution in [2.45, 2.75) is 25.3 Å². The maximum Gasteiger partial charge on any atom is 0.140 e. The Hall–Kier alpha value is -3.01. The van der Waals surface area contributed by atoms with E-state index in [4.69, 9.17) is 0 Å². The highest BCUT2D eigenvalue weighted by atomic mass is 19.1. The largest absolute Gasteiger partial charge is 0.327 e. The minimum absolute atomic E-state index is 0.196. The first-order chi connectivity index (χ1) is 12.8. The molecule has 3 aromatic heterocycles. The van der Waals surface area contributed by atoms with Gasteiger partial charge in [-0.15, -0.1) is 0 Å². The molecule has 4 aromatic rings. The smallest absolute Gasteiger partial charge is 0.140 e.